The molecular weight excluding hydrogens is 287 g/mol. The van der Waals surface area contributed by atoms with E-state index in [1.165, 1.54) is 4.88 Å². The number of benzene rings is 1. The molecule has 0 amide bonds. The second-order valence-corrected chi connectivity index (χ2v) is 5.93. The summed E-state index contributed by atoms with van der Waals surface area (Å²) in [7, 11) is 0. The SMILES string of the molecule is N#Cc1ccc(CNCc2ccc(Cl)s2)c(Cl)c1. The van der Waals surface area contributed by atoms with E-state index < -0.39 is 0 Å². The number of nitrogens with one attached hydrogen (secondary N) is 1. The minimum atomic E-state index is 0.578. The molecule has 0 saturated heterocycles. The van der Waals surface area contributed by atoms with Crippen molar-refractivity contribution in [1.82, 2.24) is 5.32 Å². The Balaban J connectivity index is 1.92. The lowest BCUT2D eigenvalue weighted by Gasteiger charge is -2.05. The number of halogens is 2. The first-order valence-corrected chi connectivity index (χ1v) is 6.90. The van der Waals surface area contributed by atoms with Gasteiger partial charge in [0.1, 0.15) is 0 Å². The first-order valence-electron chi connectivity index (χ1n) is 5.32. The van der Waals surface area contributed by atoms with Gasteiger partial charge in [-0.3, -0.25) is 0 Å². The van der Waals surface area contributed by atoms with Gasteiger partial charge >= 0.3 is 0 Å². The molecule has 5 heteroatoms. The summed E-state index contributed by atoms with van der Waals surface area (Å²) in [4.78, 5) is 1.18. The Morgan fingerprint density at radius 1 is 1.17 bits per heavy atom. The molecule has 0 aliphatic heterocycles. The summed E-state index contributed by atoms with van der Waals surface area (Å²) in [6, 6.07) is 11.3. The summed E-state index contributed by atoms with van der Waals surface area (Å²) in [6.07, 6.45) is 0. The van der Waals surface area contributed by atoms with E-state index in [0.29, 0.717) is 17.1 Å². The maximum atomic E-state index is 8.74. The molecule has 18 heavy (non-hydrogen) atoms. The fourth-order valence-corrected chi connectivity index (χ4v) is 2.83. The van der Waals surface area contributed by atoms with E-state index in [0.717, 1.165) is 16.4 Å². The summed E-state index contributed by atoms with van der Waals surface area (Å²) >= 11 is 13.5. The molecule has 0 atom stereocenters. The zero-order chi connectivity index (χ0) is 13.0. The minimum Gasteiger partial charge on any atom is -0.308 e. The number of nitriles is 1. The van der Waals surface area contributed by atoms with Gasteiger partial charge < -0.3 is 5.32 Å². The Bertz CT molecular complexity index is 587. The third-order valence-corrected chi connectivity index (χ3v) is 4.01. The molecule has 1 heterocycles. The van der Waals surface area contributed by atoms with Gasteiger partial charge in [0.15, 0.2) is 0 Å². The minimum absolute atomic E-state index is 0.578. The van der Waals surface area contributed by atoms with Crippen molar-refractivity contribution in [2.45, 2.75) is 13.1 Å². The lowest BCUT2D eigenvalue weighted by molar-refractivity contribution is 0.701. The van der Waals surface area contributed by atoms with Gasteiger partial charge in [-0.05, 0) is 29.8 Å². The van der Waals surface area contributed by atoms with Gasteiger partial charge in [-0.1, -0.05) is 29.3 Å². The molecular formula is C13H10Cl2N2S. The second kappa shape index (κ2) is 6.21. The third-order valence-electron chi connectivity index (χ3n) is 2.43. The van der Waals surface area contributed by atoms with E-state index in [9.17, 15) is 0 Å². The Kier molecular flexibility index (Phi) is 4.62. The number of hydrogen-bond donors (Lipinski definition) is 1. The zero-order valence-electron chi connectivity index (χ0n) is 9.41. The Morgan fingerprint density at radius 3 is 2.61 bits per heavy atom. The molecule has 0 radical (unpaired) electrons. The molecule has 0 aliphatic rings. The molecule has 1 N–H and O–H groups in total. The van der Waals surface area contributed by atoms with Gasteiger partial charge in [0.2, 0.25) is 0 Å². The Hall–Kier alpha value is -1.05. The maximum Gasteiger partial charge on any atom is 0.0992 e. The highest BCUT2D eigenvalue weighted by molar-refractivity contribution is 7.16. The summed E-state index contributed by atoms with van der Waals surface area (Å²) in [5, 5.41) is 12.7. The van der Waals surface area contributed by atoms with Crippen LogP contribution in [0.25, 0.3) is 0 Å². The highest BCUT2D eigenvalue weighted by Gasteiger charge is 2.02. The predicted molar refractivity (Wildman–Crippen MR) is 76.0 cm³/mol. The van der Waals surface area contributed by atoms with Gasteiger partial charge in [0.05, 0.1) is 16.0 Å². The van der Waals surface area contributed by atoms with Crippen molar-refractivity contribution < 1.29 is 0 Å². The van der Waals surface area contributed by atoms with Crippen LogP contribution in [0, 0.1) is 11.3 Å². The average Bonchev–Trinajstić information content (AvgIpc) is 2.77. The molecule has 0 aliphatic carbocycles. The number of nitrogens with zero attached hydrogens (tertiary/aromatic N) is 1. The highest BCUT2D eigenvalue weighted by Crippen LogP contribution is 2.21. The van der Waals surface area contributed by atoms with Crippen LogP contribution in [0.3, 0.4) is 0 Å². The van der Waals surface area contributed by atoms with Crippen molar-refractivity contribution in [1.29, 1.82) is 5.26 Å². The lowest BCUT2D eigenvalue weighted by Crippen LogP contribution is -2.12. The van der Waals surface area contributed by atoms with Crippen molar-refractivity contribution in [2.24, 2.45) is 0 Å². The van der Waals surface area contributed by atoms with Gasteiger partial charge in [-0.25, -0.2) is 0 Å². The summed E-state index contributed by atoms with van der Waals surface area (Å²) in [5.41, 5.74) is 1.56. The van der Waals surface area contributed by atoms with Crippen LogP contribution >= 0.6 is 34.5 Å². The first-order chi connectivity index (χ1) is 8.69. The molecule has 0 bridgehead atoms. The smallest absolute Gasteiger partial charge is 0.0992 e. The Labute approximate surface area is 120 Å². The predicted octanol–water partition coefficient (Wildman–Crippen LogP) is 4.22. The standard InChI is InChI=1S/C13H10Cl2N2S/c14-12-5-9(6-16)1-2-10(12)7-17-8-11-3-4-13(15)18-11/h1-5,17H,7-8H2. The van der Waals surface area contributed by atoms with E-state index in [-0.39, 0.29) is 0 Å². The van der Waals surface area contributed by atoms with Gasteiger partial charge in [-0.2, -0.15) is 5.26 Å². The van der Waals surface area contributed by atoms with Crippen LogP contribution in [0.15, 0.2) is 30.3 Å². The van der Waals surface area contributed by atoms with Crippen LogP contribution in [0.5, 0.6) is 0 Å². The average molecular weight is 297 g/mol. The van der Waals surface area contributed by atoms with Crippen molar-refractivity contribution >= 4 is 34.5 Å². The van der Waals surface area contributed by atoms with E-state index >= 15 is 0 Å². The lowest BCUT2D eigenvalue weighted by atomic mass is 10.1. The molecule has 2 rings (SSSR count). The normalized spacial score (nSPS) is 10.3. The third kappa shape index (κ3) is 3.47. The molecule has 0 unspecified atom stereocenters. The number of hydrogen-bond acceptors (Lipinski definition) is 3. The van der Waals surface area contributed by atoms with E-state index in [2.05, 4.69) is 11.4 Å². The molecule has 1 aromatic heterocycles. The summed E-state index contributed by atoms with van der Waals surface area (Å²) in [6.45, 7) is 1.42. The van der Waals surface area contributed by atoms with Crippen molar-refractivity contribution in [3.8, 4) is 6.07 Å². The van der Waals surface area contributed by atoms with Crippen LogP contribution < -0.4 is 5.32 Å². The second-order valence-electron chi connectivity index (χ2n) is 3.73. The summed E-state index contributed by atoms with van der Waals surface area (Å²) < 4.78 is 0.795. The van der Waals surface area contributed by atoms with Crippen molar-refractivity contribution in [2.75, 3.05) is 0 Å². The quantitative estimate of drug-likeness (QED) is 0.917. The largest absolute Gasteiger partial charge is 0.308 e. The van der Waals surface area contributed by atoms with E-state index in [4.69, 9.17) is 28.5 Å². The van der Waals surface area contributed by atoms with Crippen LogP contribution in [0.4, 0.5) is 0 Å². The number of rotatable bonds is 4. The van der Waals surface area contributed by atoms with Gasteiger partial charge in [0, 0.05) is 23.0 Å². The van der Waals surface area contributed by atoms with Crippen LogP contribution in [0.2, 0.25) is 9.36 Å². The fraction of sp³-hybridized carbons (Fsp3) is 0.154. The summed E-state index contributed by atoms with van der Waals surface area (Å²) in [5.74, 6) is 0. The van der Waals surface area contributed by atoms with Crippen LogP contribution in [-0.2, 0) is 13.1 Å². The Morgan fingerprint density at radius 2 is 2.00 bits per heavy atom. The molecule has 2 aromatic rings. The molecule has 0 saturated carbocycles. The fourth-order valence-electron chi connectivity index (χ4n) is 1.53. The first kappa shape index (κ1) is 13.4. The van der Waals surface area contributed by atoms with Crippen molar-refractivity contribution in [3.05, 3.63) is 55.7 Å². The molecule has 0 spiro atoms. The molecule has 1 aromatic carbocycles. The van der Waals surface area contributed by atoms with Crippen LogP contribution in [0.1, 0.15) is 16.0 Å². The number of thiophene rings is 1. The van der Waals surface area contributed by atoms with Crippen molar-refractivity contribution in [3.63, 3.8) is 0 Å². The van der Waals surface area contributed by atoms with E-state index in [1.807, 2.05) is 18.2 Å². The molecule has 92 valence electrons. The molecule has 0 fully saturated rings. The maximum absolute atomic E-state index is 8.74. The topological polar surface area (TPSA) is 35.8 Å². The van der Waals surface area contributed by atoms with Crippen LogP contribution in [-0.4, -0.2) is 0 Å². The highest BCUT2D eigenvalue weighted by atomic mass is 35.5. The molecule has 2 nitrogen and oxygen atoms in total. The van der Waals surface area contributed by atoms with E-state index in [1.54, 1.807) is 23.5 Å². The monoisotopic (exact) mass is 296 g/mol. The zero-order valence-corrected chi connectivity index (χ0v) is 11.7. The van der Waals surface area contributed by atoms with Gasteiger partial charge in [-0.15, -0.1) is 11.3 Å². The van der Waals surface area contributed by atoms with Gasteiger partial charge in [0.25, 0.3) is 0 Å².